The molecule has 10 nitrogen and oxygen atoms in total. The van der Waals surface area contributed by atoms with Crippen molar-refractivity contribution in [3.63, 3.8) is 0 Å². The maximum Gasteiger partial charge on any atom is 0.407 e. The van der Waals surface area contributed by atoms with Crippen molar-refractivity contribution in [2.45, 2.75) is 50.9 Å². The third kappa shape index (κ3) is 10.6. The van der Waals surface area contributed by atoms with Gasteiger partial charge in [-0.3, -0.25) is 14.4 Å². The molecule has 5 rings (SSSR count). The van der Waals surface area contributed by atoms with Crippen LogP contribution in [-0.2, 0) is 33.9 Å². The number of rotatable bonds is 16. The molecule has 0 aliphatic heterocycles. The smallest absolute Gasteiger partial charge is 0.407 e. The highest BCUT2D eigenvalue weighted by Gasteiger charge is 2.29. The van der Waals surface area contributed by atoms with E-state index in [-0.39, 0.29) is 25.4 Å². The number of nitrogens with zero attached hydrogens (tertiary/aromatic N) is 1. The van der Waals surface area contributed by atoms with Crippen LogP contribution in [0.1, 0.15) is 46.4 Å². The molecular formula is C40H43N5O5. The van der Waals surface area contributed by atoms with Crippen LogP contribution in [0.2, 0.25) is 0 Å². The van der Waals surface area contributed by atoms with Gasteiger partial charge in [-0.05, 0) is 48.1 Å². The minimum Gasteiger partial charge on any atom is -0.445 e. The highest BCUT2D eigenvalue weighted by Crippen LogP contribution is 2.16. The monoisotopic (exact) mass is 673 g/mol. The number of carbonyl (C=O) groups excluding carboxylic acids is 4. The van der Waals surface area contributed by atoms with Crippen molar-refractivity contribution in [2.24, 2.45) is 0 Å². The van der Waals surface area contributed by atoms with Gasteiger partial charge >= 0.3 is 6.09 Å². The fraction of sp³-hybridized carbons (Fsp3) is 0.250. The van der Waals surface area contributed by atoms with Gasteiger partial charge in [0.2, 0.25) is 11.8 Å². The normalized spacial score (nSPS) is 12.0. The predicted molar refractivity (Wildman–Crippen MR) is 193 cm³/mol. The van der Waals surface area contributed by atoms with Crippen LogP contribution in [0, 0.1) is 0 Å². The Morgan fingerprint density at radius 3 is 2.02 bits per heavy atom. The summed E-state index contributed by atoms with van der Waals surface area (Å²) in [6, 6.07) is 36.0. The van der Waals surface area contributed by atoms with Crippen molar-refractivity contribution >= 4 is 34.7 Å². The fourth-order valence-electron chi connectivity index (χ4n) is 5.66. The van der Waals surface area contributed by atoms with E-state index in [1.54, 1.807) is 18.0 Å². The molecule has 50 heavy (non-hydrogen) atoms. The molecule has 1 heterocycles. The summed E-state index contributed by atoms with van der Waals surface area (Å²) < 4.78 is 5.28. The largest absolute Gasteiger partial charge is 0.445 e. The van der Waals surface area contributed by atoms with Crippen LogP contribution in [0.4, 0.5) is 4.79 Å². The summed E-state index contributed by atoms with van der Waals surface area (Å²) in [6.07, 6.45) is 1.08. The van der Waals surface area contributed by atoms with E-state index in [4.69, 9.17) is 4.74 Å². The lowest BCUT2D eigenvalue weighted by molar-refractivity contribution is -0.136. The lowest BCUT2D eigenvalue weighted by Crippen LogP contribution is -2.54. The summed E-state index contributed by atoms with van der Waals surface area (Å²) in [5.41, 5.74) is 3.88. The number of carbonyl (C=O) groups is 4. The zero-order valence-electron chi connectivity index (χ0n) is 28.1. The van der Waals surface area contributed by atoms with E-state index >= 15 is 0 Å². The van der Waals surface area contributed by atoms with Crippen LogP contribution in [0.5, 0.6) is 0 Å². The molecule has 0 aliphatic carbocycles. The number of benzene rings is 4. The Balaban J connectivity index is 1.25. The molecule has 5 aromatic rings. The number of aromatic amines is 1. The molecule has 0 aliphatic rings. The van der Waals surface area contributed by atoms with Gasteiger partial charge in [0.15, 0.2) is 0 Å². The molecule has 1 unspecified atom stereocenters. The van der Waals surface area contributed by atoms with Gasteiger partial charge in [-0.1, -0.05) is 109 Å². The summed E-state index contributed by atoms with van der Waals surface area (Å²) in [7, 11) is 1.71. The maximum atomic E-state index is 14.0. The number of amides is 4. The van der Waals surface area contributed by atoms with Crippen LogP contribution >= 0.6 is 0 Å². The summed E-state index contributed by atoms with van der Waals surface area (Å²) in [6.45, 7) is 0.873. The number of fused-ring (bicyclic) bond motifs is 1. The number of ether oxygens (including phenoxy) is 1. The molecule has 4 aromatic carbocycles. The molecule has 2 atom stereocenters. The van der Waals surface area contributed by atoms with E-state index in [1.807, 2.05) is 115 Å². The minimum absolute atomic E-state index is 0.165. The van der Waals surface area contributed by atoms with E-state index in [0.29, 0.717) is 31.6 Å². The van der Waals surface area contributed by atoms with Crippen LogP contribution in [-0.4, -0.2) is 59.4 Å². The third-order valence-corrected chi connectivity index (χ3v) is 8.33. The summed E-state index contributed by atoms with van der Waals surface area (Å²) >= 11 is 0. The van der Waals surface area contributed by atoms with Crippen LogP contribution in [0.25, 0.3) is 10.9 Å². The number of H-pyrrole nitrogens is 1. The second-order valence-corrected chi connectivity index (χ2v) is 12.2. The molecule has 0 spiro atoms. The first-order valence-corrected chi connectivity index (χ1v) is 16.8. The third-order valence-electron chi connectivity index (χ3n) is 8.33. The number of hydrogen-bond donors (Lipinski definition) is 4. The van der Waals surface area contributed by atoms with Gasteiger partial charge in [-0.2, -0.15) is 0 Å². The molecule has 4 N–H and O–H groups in total. The Morgan fingerprint density at radius 2 is 1.34 bits per heavy atom. The number of alkyl carbamates (subject to hydrolysis) is 1. The van der Waals surface area contributed by atoms with Gasteiger partial charge in [0.05, 0.1) is 0 Å². The SMILES string of the molecule is CN(Cc1ccccc1)C(=O)[C@@H](Cc1ccccc1)NC(=O)C(CCCCNC(=O)OCc1ccccc1)NC(=O)c1cc2ccccc2[nH]1. The zero-order chi connectivity index (χ0) is 35.1. The lowest BCUT2D eigenvalue weighted by atomic mass is 10.0. The number of nitrogens with one attached hydrogen (secondary N) is 4. The van der Waals surface area contributed by atoms with Crippen LogP contribution in [0.3, 0.4) is 0 Å². The highest BCUT2D eigenvalue weighted by molar-refractivity contribution is 6.00. The first-order valence-electron chi connectivity index (χ1n) is 16.8. The van der Waals surface area contributed by atoms with Crippen molar-refractivity contribution in [1.82, 2.24) is 25.8 Å². The number of hydrogen-bond acceptors (Lipinski definition) is 5. The standard InChI is InChI=1S/C40H43N5O5/c1-45(27-30-17-7-3-8-18-30)39(48)36(25-29-15-5-2-6-16-29)44-37(46)34(43-38(47)35-26-32-21-11-12-22-33(32)42-35)23-13-14-24-41-40(49)50-28-31-19-9-4-10-20-31/h2-12,15-22,26,34,36,42H,13-14,23-25,27-28H2,1H3,(H,41,49)(H,43,47)(H,44,46)/t34?,36-/m1/s1. The van der Waals surface area contributed by atoms with E-state index < -0.39 is 30.0 Å². The van der Waals surface area contributed by atoms with Crippen LogP contribution < -0.4 is 16.0 Å². The molecule has 0 saturated heterocycles. The van der Waals surface area contributed by atoms with E-state index in [2.05, 4.69) is 20.9 Å². The Labute approximate surface area is 292 Å². The van der Waals surface area contributed by atoms with Crippen molar-refractivity contribution in [3.8, 4) is 0 Å². The number of likely N-dealkylation sites (N-methyl/N-ethyl adjacent to an activating group) is 1. The number of para-hydroxylation sites is 1. The predicted octanol–water partition coefficient (Wildman–Crippen LogP) is 5.75. The van der Waals surface area contributed by atoms with Crippen molar-refractivity contribution < 1.29 is 23.9 Å². The van der Waals surface area contributed by atoms with Crippen molar-refractivity contribution in [3.05, 3.63) is 144 Å². The first-order chi connectivity index (χ1) is 24.4. The molecule has 0 fully saturated rings. The Kier molecular flexibility index (Phi) is 12.8. The van der Waals surface area contributed by atoms with Gasteiger partial charge < -0.3 is 30.6 Å². The van der Waals surface area contributed by atoms with Crippen LogP contribution in [0.15, 0.2) is 121 Å². The van der Waals surface area contributed by atoms with Gasteiger partial charge in [0.1, 0.15) is 24.4 Å². The molecular weight excluding hydrogens is 630 g/mol. The summed E-state index contributed by atoms with van der Waals surface area (Å²) in [5, 5.41) is 9.47. The fourth-order valence-corrected chi connectivity index (χ4v) is 5.66. The van der Waals surface area contributed by atoms with Gasteiger partial charge in [-0.15, -0.1) is 0 Å². The molecule has 258 valence electrons. The molecule has 1 aromatic heterocycles. The van der Waals surface area contributed by atoms with Gasteiger partial charge in [-0.25, -0.2) is 4.79 Å². The zero-order valence-corrected chi connectivity index (χ0v) is 28.1. The summed E-state index contributed by atoms with van der Waals surface area (Å²) in [5.74, 6) is -1.15. The minimum atomic E-state index is -0.940. The average Bonchev–Trinajstić information content (AvgIpc) is 3.59. The molecule has 0 bridgehead atoms. The van der Waals surface area contributed by atoms with Gasteiger partial charge in [0, 0.05) is 37.5 Å². The highest BCUT2D eigenvalue weighted by atomic mass is 16.5. The van der Waals surface area contributed by atoms with E-state index in [1.165, 1.54) is 0 Å². The Morgan fingerprint density at radius 1 is 0.720 bits per heavy atom. The summed E-state index contributed by atoms with van der Waals surface area (Å²) in [4.78, 5) is 58.2. The Bertz CT molecular complexity index is 1810. The van der Waals surface area contributed by atoms with E-state index in [9.17, 15) is 19.2 Å². The molecule has 10 heteroatoms. The maximum absolute atomic E-state index is 14.0. The number of aromatic nitrogens is 1. The first kappa shape index (κ1) is 35.4. The van der Waals surface area contributed by atoms with E-state index in [0.717, 1.165) is 27.6 Å². The second kappa shape index (κ2) is 18.0. The molecule has 4 amide bonds. The van der Waals surface area contributed by atoms with Gasteiger partial charge in [0.25, 0.3) is 5.91 Å². The lowest BCUT2D eigenvalue weighted by Gasteiger charge is -2.27. The molecule has 0 saturated carbocycles. The molecule has 0 radical (unpaired) electrons. The number of unbranched alkanes of at least 4 members (excludes halogenated alkanes) is 1. The Hall–Kier alpha value is -5.90. The second-order valence-electron chi connectivity index (χ2n) is 12.2. The average molecular weight is 674 g/mol. The van der Waals surface area contributed by atoms with Crippen molar-refractivity contribution in [1.29, 1.82) is 0 Å². The van der Waals surface area contributed by atoms with Crippen molar-refractivity contribution in [2.75, 3.05) is 13.6 Å². The quantitative estimate of drug-likeness (QED) is 0.0991. The topological polar surface area (TPSA) is 133 Å².